The molecule has 210 valence electrons. The lowest BCUT2D eigenvalue weighted by molar-refractivity contribution is -0.136. The molecule has 0 aliphatic carbocycles. The van der Waals surface area contributed by atoms with E-state index in [2.05, 4.69) is 18.8 Å². The minimum Gasteiger partial charge on any atom is -0.493 e. The first kappa shape index (κ1) is 28.1. The molecule has 3 aromatic carbocycles. The summed E-state index contributed by atoms with van der Waals surface area (Å²) >= 11 is 1.27. The van der Waals surface area contributed by atoms with Crippen LogP contribution in [0.3, 0.4) is 0 Å². The van der Waals surface area contributed by atoms with Gasteiger partial charge in [-0.3, -0.25) is 9.36 Å². The quantitative estimate of drug-likeness (QED) is 0.276. The molecule has 1 aliphatic heterocycles. The fourth-order valence-electron chi connectivity index (χ4n) is 4.90. The predicted octanol–water partition coefficient (Wildman–Crippen LogP) is 5.12. The highest BCUT2D eigenvalue weighted by Crippen LogP contribution is 2.33. The number of esters is 1. The highest BCUT2D eigenvalue weighted by Gasteiger charge is 2.33. The molecule has 2 heterocycles. The summed E-state index contributed by atoms with van der Waals surface area (Å²) in [6, 6.07) is 22.8. The van der Waals surface area contributed by atoms with Gasteiger partial charge in [-0.05, 0) is 41.7 Å². The number of allylic oxidation sites excluding steroid dienone is 1. The van der Waals surface area contributed by atoms with Crippen LogP contribution in [0.1, 0.15) is 55.0 Å². The third-order valence-electron chi connectivity index (χ3n) is 7.09. The molecule has 7 nitrogen and oxygen atoms in total. The zero-order chi connectivity index (χ0) is 29.1. The summed E-state index contributed by atoms with van der Waals surface area (Å²) in [4.78, 5) is 32.2. The van der Waals surface area contributed by atoms with E-state index in [-0.39, 0.29) is 5.56 Å². The summed E-state index contributed by atoms with van der Waals surface area (Å²) in [5, 5.41) is 0. The third-order valence-corrected chi connectivity index (χ3v) is 8.07. The first-order valence-electron chi connectivity index (χ1n) is 13.4. The van der Waals surface area contributed by atoms with Crippen molar-refractivity contribution in [2.24, 2.45) is 4.99 Å². The van der Waals surface area contributed by atoms with Crippen LogP contribution in [-0.4, -0.2) is 24.8 Å². The summed E-state index contributed by atoms with van der Waals surface area (Å²) in [5.41, 5.74) is 4.31. The first-order valence-corrected chi connectivity index (χ1v) is 14.2. The average molecular weight is 569 g/mol. The van der Waals surface area contributed by atoms with Crippen molar-refractivity contribution < 1.29 is 19.0 Å². The molecule has 0 saturated heterocycles. The molecule has 1 atom stereocenters. The largest absolute Gasteiger partial charge is 0.493 e. The lowest BCUT2D eigenvalue weighted by Crippen LogP contribution is -2.39. The van der Waals surface area contributed by atoms with Crippen LogP contribution < -0.4 is 24.4 Å². The maximum absolute atomic E-state index is 14.0. The SMILES string of the molecule is COC(=O)C1=C(C)N=c2s/c(=C\c3cccc(OC)c3OCc3ccccc3)c(=O)n2[C@H]1c1ccc(C(C)C)cc1. The number of thiazole rings is 1. The molecule has 0 saturated carbocycles. The second kappa shape index (κ2) is 12.0. The second-order valence-electron chi connectivity index (χ2n) is 10.0. The van der Waals surface area contributed by atoms with Crippen LogP contribution >= 0.6 is 11.3 Å². The van der Waals surface area contributed by atoms with Gasteiger partial charge in [-0.1, -0.05) is 91.9 Å². The van der Waals surface area contributed by atoms with Gasteiger partial charge in [0.15, 0.2) is 16.3 Å². The van der Waals surface area contributed by atoms with E-state index in [1.807, 2.05) is 72.8 Å². The average Bonchev–Trinajstić information content (AvgIpc) is 3.29. The molecular formula is C33H32N2O5S. The van der Waals surface area contributed by atoms with Gasteiger partial charge >= 0.3 is 5.97 Å². The Kier molecular flexibility index (Phi) is 8.21. The van der Waals surface area contributed by atoms with E-state index in [9.17, 15) is 9.59 Å². The van der Waals surface area contributed by atoms with Crippen molar-refractivity contribution in [2.45, 2.75) is 39.3 Å². The number of hydrogen-bond donors (Lipinski definition) is 0. The second-order valence-corrected chi connectivity index (χ2v) is 11.1. The van der Waals surface area contributed by atoms with Crippen molar-refractivity contribution in [1.29, 1.82) is 0 Å². The van der Waals surface area contributed by atoms with Gasteiger partial charge in [-0.2, -0.15) is 0 Å². The number of carbonyl (C=O) groups excluding carboxylic acids is 1. The molecule has 0 fully saturated rings. The number of carbonyl (C=O) groups is 1. The van der Waals surface area contributed by atoms with E-state index in [1.165, 1.54) is 24.0 Å². The zero-order valence-corrected chi connectivity index (χ0v) is 24.5. The Morgan fingerprint density at radius 2 is 1.76 bits per heavy atom. The van der Waals surface area contributed by atoms with Gasteiger partial charge in [0.05, 0.1) is 36.1 Å². The Balaban J connectivity index is 1.64. The van der Waals surface area contributed by atoms with Crippen molar-refractivity contribution in [3.63, 3.8) is 0 Å². The van der Waals surface area contributed by atoms with Gasteiger partial charge in [0.25, 0.3) is 5.56 Å². The van der Waals surface area contributed by atoms with E-state index < -0.39 is 12.0 Å². The van der Waals surface area contributed by atoms with Crippen molar-refractivity contribution >= 4 is 23.4 Å². The highest BCUT2D eigenvalue weighted by atomic mass is 32.1. The van der Waals surface area contributed by atoms with E-state index in [4.69, 9.17) is 14.2 Å². The van der Waals surface area contributed by atoms with E-state index in [0.717, 1.165) is 11.1 Å². The first-order chi connectivity index (χ1) is 19.8. The number of rotatable bonds is 8. The third kappa shape index (κ3) is 5.60. The maximum Gasteiger partial charge on any atom is 0.338 e. The molecule has 41 heavy (non-hydrogen) atoms. The molecule has 0 amide bonds. The highest BCUT2D eigenvalue weighted by molar-refractivity contribution is 7.07. The number of para-hydroxylation sites is 1. The summed E-state index contributed by atoms with van der Waals surface area (Å²) in [7, 11) is 2.93. The van der Waals surface area contributed by atoms with Crippen LogP contribution in [0.25, 0.3) is 6.08 Å². The standard InChI is InChI=1S/C33H32N2O5S/c1-20(2)23-14-16-24(17-15-23)29-28(32(37)39-5)21(3)34-33-35(29)31(36)27(41-33)18-25-12-9-13-26(38-4)30(25)40-19-22-10-7-6-8-11-22/h6-18,20,29H,19H2,1-5H3/b27-18-/t29-/m0/s1. The lowest BCUT2D eigenvalue weighted by Gasteiger charge is -2.24. The van der Waals surface area contributed by atoms with Crippen molar-refractivity contribution in [3.05, 3.63) is 126 Å². The topological polar surface area (TPSA) is 79.1 Å². The van der Waals surface area contributed by atoms with E-state index in [0.29, 0.717) is 50.2 Å². The van der Waals surface area contributed by atoms with Gasteiger partial charge in [0.2, 0.25) is 0 Å². The maximum atomic E-state index is 14.0. The number of fused-ring (bicyclic) bond motifs is 1. The molecule has 5 rings (SSSR count). The molecule has 0 bridgehead atoms. The number of benzene rings is 3. The monoisotopic (exact) mass is 568 g/mol. The molecule has 8 heteroatoms. The summed E-state index contributed by atoms with van der Waals surface area (Å²) in [5.74, 6) is 0.943. The van der Waals surface area contributed by atoms with Gasteiger partial charge in [0, 0.05) is 5.56 Å². The van der Waals surface area contributed by atoms with Gasteiger partial charge in [-0.15, -0.1) is 0 Å². The molecular weight excluding hydrogens is 536 g/mol. The van der Waals surface area contributed by atoms with Crippen molar-refractivity contribution in [2.75, 3.05) is 14.2 Å². The number of hydrogen-bond acceptors (Lipinski definition) is 7. The fraction of sp³-hybridized carbons (Fsp3) is 0.242. The van der Waals surface area contributed by atoms with Gasteiger partial charge in [0.1, 0.15) is 6.61 Å². The Hall–Kier alpha value is -4.43. The number of aromatic nitrogens is 1. The Bertz CT molecular complexity index is 1780. The molecule has 1 aromatic heterocycles. The summed E-state index contributed by atoms with van der Waals surface area (Å²) in [6.07, 6.45) is 1.79. The van der Waals surface area contributed by atoms with Gasteiger partial charge in [-0.25, -0.2) is 9.79 Å². The zero-order valence-electron chi connectivity index (χ0n) is 23.7. The van der Waals surface area contributed by atoms with E-state index in [1.54, 1.807) is 24.7 Å². The summed E-state index contributed by atoms with van der Waals surface area (Å²) < 4.78 is 19.0. The predicted molar refractivity (Wildman–Crippen MR) is 160 cm³/mol. The molecule has 0 unspecified atom stereocenters. The van der Waals surface area contributed by atoms with Crippen LogP contribution in [0.2, 0.25) is 0 Å². The molecule has 1 aliphatic rings. The Morgan fingerprint density at radius 3 is 2.41 bits per heavy atom. The van der Waals surface area contributed by atoms with Crippen LogP contribution in [0.15, 0.2) is 93.9 Å². The fourth-order valence-corrected chi connectivity index (χ4v) is 5.94. The summed E-state index contributed by atoms with van der Waals surface area (Å²) in [6.45, 7) is 6.37. The number of ether oxygens (including phenoxy) is 3. The van der Waals surface area contributed by atoms with Crippen LogP contribution in [-0.2, 0) is 16.1 Å². The molecule has 0 radical (unpaired) electrons. The minimum absolute atomic E-state index is 0.252. The normalized spacial score (nSPS) is 15.0. The number of nitrogens with zero attached hydrogens (tertiary/aromatic N) is 2. The minimum atomic E-state index is -0.666. The molecule has 4 aromatic rings. The van der Waals surface area contributed by atoms with Gasteiger partial charge < -0.3 is 14.2 Å². The Morgan fingerprint density at radius 1 is 1.02 bits per heavy atom. The molecule has 0 N–H and O–H groups in total. The van der Waals surface area contributed by atoms with Crippen molar-refractivity contribution in [3.8, 4) is 11.5 Å². The van der Waals surface area contributed by atoms with Crippen molar-refractivity contribution in [1.82, 2.24) is 4.57 Å². The van der Waals surface area contributed by atoms with Crippen LogP contribution in [0.4, 0.5) is 0 Å². The van der Waals surface area contributed by atoms with E-state index >= 15 is 0 Å². The van der Waals surface area contributed by atoms with Crippen LogP contribution in [0, 0.1) is 0 Å². The number of methoxy groups -OCH3 is 2. The lowest BCUT2D eigenvalue weighted by atomic mass is 9.93. The smallest absolute Gasteiger partial charge is 0.338 e. The Labute approximate surface area is 242 Å². The molecule has 0 spiro atoms. The van der Waals surface area contributed by atoms with Crippen LogP contribution in [0.5, 0.6) is 11.5 Å².